The van der Waals surface area contributed by atoms with E-state index in [9.17, 15) is 5.11 Å². The summed E-state index contributed by atoms with van der Waals surface area (Å²) >= 11 is 0. The van der Waals surface area contributed by atoms with Gasteiger partial charge in [0.15, 0.2) is 5.96 Å². The van der Waals surface area contributed by atoms with Crippen LogP contribution >= 0.6 is 0 Å². The van der Waals surface area contributed by atoms with Gasteiger partial charge in [0.2, 0.25) is 0 Å². The number of rotatable bonds is 7. The fraction of sp³-hybridized carbons (Fsp3) is 0.333. The Labute approximate surface area is 165 Å². The van der Waals surface area contributed by atoms with Crippen LogP contribution in [0.4, 0.5) is 0 Å². The Morgan fingerprint density at radius 1 is 1.32 bits per heavy atom. The molecule has 0 amide bonds. The summed E-state index contributed by atoms with van der Waals surface area (Å²) < 4.78 is 7.15. The quantitative estimate of drug-likeness (QED) is 0.433. The third-order valence-electron chi connectivity index (χ3n) is 4.43. The van der Waals surface area contributed by atoms with Crippen LogP contribution in [0.2, 0.25) is 0 Å². The summed E-state index contributed by atoms with van der Waals surface area (Å²) in [5.41, 5.74) is 0.935. The summed E-state index contributed by atoms with van der Waals surface area (Å²) in [7, 11) is 0. The van der Waals surface area contributed by atoms with Gasteiger partial charge in [-0.1, -0.05) is 12.1 Å². The number of hydrogen-bond donors (Lipinski definition) is 3. The fourth-order valence-corrected chi connectivity index (χ4v) is 2.86. The van der Waals surface area contributed by atoms with Crippen molar-refractivity contribution in [2.45, 2.75) is 32.4 Å². The summed E-state index contributed by atoms with van der Waals surface area (Å²) in [4.78, 5) is 4.55. The Morgan fingerprint density at radius 3 is 2.86 bits per heavy atom. The zero-order valence-corrected chi connectivity index (χ0v) is 16.5. The number of aromatic nitrogens is 2. The van der Waals surface area contributed by atoms with Gasteiger partial charge in [-0.3, -0.25) is 0 Å². The van der Waals surface area contributed by atoms with Crippen LogP contribution in [0.15, 0.2) is 70.5 Å². The lowest BCUT2D eigenvalue weighted by molar-refractivity contribution is 0.0437. The average Bonchev–Trinajstić information content (AvgIpc) is 3.40. The van der Waals surface area contributed by atoms with Crippen LogP contribution in [0.25, 0.3) is 5.69 Å². The first-order valence-corrected chi connectivity index (χ1v) is 9.41. The third kappa shape index (κ3) is 4.80. The maximum Gasteiger partial charge on any atom is 0.191 e. The molecule has 2 heterocycles. The second-order valence-corrected chi connectivity index (χ2v) is 6.86. The van der Waals surface area contributed by atoms with E-state index >= 15 is 0 Å². The van der Waals surface area contributed by atoms with E-state index in [-0.39, 0.29) is 12.6 Å². The molecule has 1 aromatic carbocycles. The molecule has 0 radical (unpaired) electrons. The first-order chi connectivity index (χ1) is 13.5. The minimum Gasteiger partial charge on any atom is -0.466 e. The van der Waals surface area contributed by atoms with E-state index in [1.54, 1.807) is 31.5 Å². The van der Waals surface area contributed by atoms with E-state index in [4.69, 9.17) is 4.42 Å². The highest BCUT2D eigenvalue weighted by molar-refractivity contribution is 5.80. The zero-order valence-electron chi connectivity index (χ0n) is 16.5. The molecule has 3 N–H and O–H groups in total. The Morgan fingerprint density at radius 2 is 2.18 bits per heavy atom. The molecular formula is C21H27N5O2. The first-order valence-electron chi connectivity index (χ1n) is 9.41. The maximum absolute atomic E-state index is 10.6. The maximum atomic E-state index is 10.6. The van der Waals surface area contributed by atoms with Crippen LogP contribution in [0.1, 0.15) is 38.1 Å². The van der Waals surface area contributed by atoms with Gasteiger partial charge in [-0.25, -0.2) is 9.67 Å². The minimum absolute atomic E-state index is 0.0156. The lowest BCUT2D eigenvalue weighted by Crippen LogP contribution is -2.40. The van der Waals surface area contributed by atoms with Gasteiger partial charge >= 0.3 is 0 Å². The molecule has 0 saturated carbocycles. The summed E-state index contributed by atoms with van der Waals surface area (Å²) in [6.45, 7) is 6.66. The van der Waals surface area contributed by atoms with E-state index in [1.807, 2.05) is 36.0 Å². The van der Waals surface area contributed by atoms with Gasteiger partial charge in [0.25, 0.3) is 0 Å². The van der Waals surface area contributed by atoms with E-state index in [1.165, 1.54) is 0 Å². The summed E-state index contributed by atoms with van der Waals surface area (Å²) in [5, 5.41) is 21.5. The highest BCUT2D eigenvalue weighted by atomic mass is 16.4. The van der Waals surface area contributed by atoms with E-state index in [2.05, 4.69) is 39.8 Å². The van der Waals surface area contributed by atoms with Crippen molar-refractivity contribution in [3.8, 4) is 5.69 Å². The van der Waals surface area contributed by atoms with Crippen LogP contribution in [0.5, 0.6) is 0 Å². The summed E-state index contributed by atoms with van der Waals surface area (Å²) in [5.74, 6) is 1.12. The molecule has 0 fully saturated rings. The number of furan rings is 1. The highest BCUT2D eigenvalue weighted by Crippen LogP contribution is 2.21. The molecule has 3 rings (SSSR count). The number of nitrogens with one attached hydrogen (secondary N) is 2. The van der Waals surface area contributed by atoms with Gasteiger partial charge in [-0.05, 0) is 56.7 Å². The molecular weight excluding hydrogens is 354 g/mol. The average molecular weight is 381 g/mol. The number of hydrogen-bond acceptors (Lipinski definition) is 4. The van der Waals surface area contributed by atoms with Crippen molar-refractivity contribution < 1.29 is 9.52 Å². The Balaban J connectivity index is 1.72. The normalized spacial score (nSPS) is 15.1. The Bertz CT molecular complexity index is 885. The second-order valence-electron chi connectivity index (χ2n) is 6.86. The molecule has 0 saturated heterocycles. The standard InChI is InChI=1S/C21H27N5O2/c1-4-22-20(23-15-21(3,27)19-10-6-13-28-19)25-16(2)17-8-5-9-18(14-17)26-12-7-11-24-26/h5-14,16,27H,4,15H2,1-3H3,(H2,22,23,25). The van der Waals surface area contributed by atoms with Gasteiger partial charge in [-0.2, -0.15) is 5.10 Å². The molecule has 7 nitrogen and oxygen atoms in total. The van der Waals surface area contributed by atoms with Crippen molar-refractivity contribution in [2.24, 2.45) is 4.99 Å². The van der Waals surface area contributed by atoms with Crippen molar-refractivity contribution in [3.63, 3.8) is 0 Å². The summed E-state index contributed by atoms with van der Waals surface area (Å²) in [6, 6.07) is 13.6. The van der Waals surface area contributed by atoms with Gasteiger partial charge in [-0.15, -0.1) is 0 Å². The first kappa shape index (κ1) is 19.7. The van der Waals surface area contributed by atoms with Crippen LogP contribution in [0.3, 0.4) is 0 Å². The Hall–Kier alpha value is -3.06. The number of benzene rings is 1. The molecule has 2 unspecified atom stereocenters. The molecule has 2 aromatic heterocycles. The molecule has 0 spiro atoms. The van der Waals surface area contributed by atoms with Crippen molar-refractivity contribution in [3.05, 3.63) is 72.4 Å². The molecule has 3 aromatic rings. The van der Waals surface area contributed by atoms with E-state index in [0.29, 0.717) is 11.7 Å². The zero-order chi connectivity index (χ0) is 20.0. The molecule has 0 aliphatic rings. The Kier molecular flexibility index (Phi) is 6.16. The smallest absolute Gasteiger partial charge is 0.191 e. The highest BCUT2D eigenvalue weighted by Gasteiger charge is 2.26. The predicted octanol–water partition coefficient (Wildman–Crippen LogP) is 2.99. The van der Waals surface area contributed by atoms with Crippen molar-refractivity contribution in [1.82, 2.24) is 20.4 Å². The molecule has 28 heavy (non-hydrogen) atoms. The molecule has 0 aliphatic heterocycles. The van der Waals surface area contributed by atoms with Crippen LogP contribution < -0.4 is 10.6 Å². The van der Waals surface area contributed by atoms with Gasteiger partial charge in [0.05, 0.1) is 24.5 Å². The number of aliphatic imine (C=N–C) groups is 1. The van der Waals surface area contributed by atoms with Crippen molar-refractivity contribution in [1.29, 1.82) is 0 Å². The van der Waals surface area contributed by atoms with E-state index < -0.39 is 5.60 Å². The lowest BCUT2D eigenvalue weighted by Gasteiger charge is -2.22. The van der Waals surface area contributed by atoms with Crippen molar-refractivity contribution >= 4 is 5.96 Å². The number of nitrogens with zero attached hydrogens (tertiary/aromatic N) is 3. The number of guanidine groups is 1. The lowest BCUT2D eigenvalue weighted by atomic mass is 10.0. The van der Waals surface area contributed by atoms with Crippen LogP contribution in [-0.2, 0) is 5.60 Å². The molecule has 7 heteroatoms. The number of aliphatic hydroxyl groups is 1. The molecule has 0 aliphatic carbocycles. The van der Waals surface area contributed by atoms with Gasteiger partial charge < -0.3 is 20.2 Å². The molecule has 148 valence electrons. The van der Waals surface area contributed by atoms with Gasteiger partial charge in [0, 0.05) is 18.9 Å². The van der Waals surface area contributed by atoms with Crippen molar-refractivity contribution in [2.75, 3.05) is 13.1 Å². The third-order valence-corrected chi connectivity index (χ3v) is 4.43. The summed E-state index contributed by atoms with van der Waals surface area (Å²) in [6.07, 6.45) is 5.22. The van der Waals surface area contributed by atoms with Gasteiger partial charge in [0.1, 0.15) is 11.4 Å². The molecule has 2 atom stereocenters. The van der Waals surface area contributed by atoms with Crippen LogP contribution in [0, 0.1) is 0 Å². The SMILES string of the molecule is CCNC(=NCC(C)(O)c1ccco1)NC(C)c1cccc(-n2cccn2)c1. The fourth-order valence-electron chi connectivity index (χ4n) is 2.86. The molecule has 0 bridgehead atoms. The topological polar surface area (TPSA) is 87.6 Å². The second kappa shape index (κ2) is 8.75. The van der Waals surface area contributed by atoms with Crippen LogP contribution in [-0.4, -0.2) is 33.9 Å². The van der Waals surface area contributed by atoms with E-state index in [0.717, 1.165) is 17.8 Å². The monoisotopic (exact) mass is 381 g/mol. The minimum atomic E-state index is -1.17. The largest absolute Gasteiger partial charge is 0.466 e. The predicted molar refractivity (Wildman–Crippen MR) is 109 cm³/mol.